The first-order valence-electron chi connectivity index (χ1n) is 12.2. The van der Waals surface area contributed by atoms with Crippen molar-refractivity contribution < 1.29 is 18.0 Å². The third-order valence-electron chi connectivity index (χ3n) is 6.92. The molecule has 0 bridgehead atoms. The molecule has 1 heterocycles. The van der Waals surface area contributed by atoms with Gasteiger partial charge in [-0.25, -0.2) is 13.1 Å². The van der Waals surface area contributed by atoms with Crippen LogP contribution in [0.3, 0.4) is 0 Å². The summed E-state index contributed by atoms with van der Waals surface area (Å²) in [4.78, 5) is 24.6. The van der Waals surface area contributed by atoms with Gasteiger partial charge in [-0.1, -0.05) is 19.1 Å². The highest BCUT2D eigenvalue weighted by Gasteiger charge is 2.28. The number of amides is 2. The van der Waals surface area contributed by atoms with Gasteiger partial charge in [-0.2, -0.15) is 0 Å². The van der Waals surface area contributed by atoms with E-state index in [-0.39, 0.29) is 28.5 Å². The first-order chi connectivity index (χ1) is 16.3. The van der Waals surface area contributed by atoms with Crippen molar-refractivity contribution in [1.29, 1.82) is 0 Å². The number of carbonyl (C=O) groups is 2. The maximum atomic E-state index is 12.9. The van der Waals surface area contributed by atoms with Crippen molar-refractivity contribution in [2.75, 3.05) is 17.2 Å². The van der Waals surface area contributed by atoms with Gasteiger partial charge < -0.3 is 10.6 Å². The number of carbonyl (C=O) groups excluding carboxylic acids is 2. The maximum absolute atomic E-state index is 12.9. The smallest absolute Gasteiger partial charge is 0.240 e. The van der Waals surface area contributed by atoms with Crippen molar-refractivity contribution in [2.24, 2.45) is 11.8 Å². The van der Waals surface area contributed by atoms with Gasteiger partial charge in [0.25, 0.3) is 0 Å². The van der Waals surface area contributed by atoms with Gasteiger partial charge >= 0.3 is 0 Å². The van der Waals surface area contributed by atoms with E-state index >= 15 is 0 Å². The van der Waals surface area contributed by atoms with E-state index in [1.807, 2.05) is 24.3 Å². The van der Waals surface area contributed by atoms with Crippen molar-refractivity contribution in [3.8, 4) is 0 Å². The first kappa shape index (κ1) is 24.4. The molecule has 4 rings (SSSR count). The highest BCUT2D eigenvalue weighted by Crippen LogP contribution is 2.30. The highest BCUT2D eigenvalue weighted by atomic mass is 32.2. The second kappa shape index (κ2) is 10.7. The summed E-state index contributed by atoms with van der Waals surface area (Å²) in [5.74, 6) is 0.174. The van der Waals surface area contributed by atoms with Crippen LogP contribution in [0.1, 0.15) is 56.6 Å². The van der Waals surface area contributed by atoms with E-state index in [9.17, 15) is 18.0 Å². The summed E-state index contributed by atoms with van der Waals surface area (Å²) in [6.07, 6.45) is 5.92. The topological polar surface area (TPSA) is 104 Å². The summed E-state index contributed by atoms with van der Waals surface area (Å²) < 4.78 is 28.5. The van der Waals surface area contributed by atoms with Crippen LogP contribution in [0.4, 0.5) is 11.4 Å². The summed E-state index contributed by atoms with van der Waals surface area (Å²) in [5.41, 5.74) is 3.60. The molecule has 1 saturated carbocycles. The predicted molar refractivity (Wildman–Crippen MR) is 133 cm³/mol. The number of anilines is 2. The van der Waals surface area contributed by atoms with Gasteiger partial charge in [-0.15, -0.1) is 0 Å². The van der Waals surface area contributed by atoms with Crippen LogP contribution in [0, 0.1) is 11.8 Å². The summed E-state index contributed by atoms with van der Waals surface area (Å²) in [7, 11) is -3.64. The van der Waals surface area contributed by atoms with E-state index in [2.05, 4.69) is 22.3 Å². The average molecular weight is 484 g/mol. The summed E-state index contributed by atoms with van der Waals surface area (Å²) in [6.45, 7) is 2.46. The van der Waals surface area contributed by atoms with Gasteiger partial charge in [-0.3, -0.25) is 9.59 Å². The molecule has 2 amide bonds. The van der Waals surface area contributed by atoms with Crippen molar-refractivity contribution in [1.82, 2.24) is 4.72 Å². The lowest BCUT2D eigenvalue weighted by molar-refractivity contribution is -0.121. The Morgan fingerprint density at radius 1 is 1.03 bits per heavy atom. The van der Waals surface area contributed by atoms with Gasteiger partial charge in [0.05, 0.1) is 4.90 Å². The summed E-state index contributed by atoms with van der Waals surface area (Å²) >= 11 is 0. The van der Waals surface area contributed by atoms with E-state index < -0.39 is 10.0 Å². The number of sulfonamides is 1. The fourth-order valence-electron chi connectivity index (χ4n) is 4.73. The molecule has 0 atom stereocenters. The Bertz CT molecular complexity index is 1140. The molecule has 0 aromatic heterocycles. The van der Waals surface area contributed by atoms with Crippen molar-refractivity contribution in [3.05, 3.63) is 53.6 Å². The van der Waals surface area contributed by atoms with Gasteiger partial charge in [0.15, 0.2) is 0 Å². The first-order valence-corrected chi connectivity index (χ1v) is 13.6. The third kappa shape index (κ3) is 6.04. The number of hydrogen-bond acceptors (Lipinski definition) is 4. The second-order valence-electron chi connectivity index (χ2n) is 9.33. The lowest BCUT2D eigenvalue weighted by atomic mass is 9.81. The van der Waals surface area contributed by atoms with Gasteiger partial charge in [0, 0.05) is 30.3 Å². The van der Waals surface area contributed by atoms with Crippen LogP contribution >= 0.6 is 0 Å². The number of rotatable bonds is 7. The van der Waals surface area contributed by atoms with E-state index in [0.717, 1.165) is 43.4 Å². The van der Waals surface area contributed by atoms with Crippen LogP contribution in [0.25, 0.3) is 0 Å². The zero-order valence-corrected chi connectivity index (χ0v) is 20.4. The Labute approximate surface area is 201 Å². The Kier molecular flexibility index (Phi) is 7.68. The molecule has 1 aliphatic carbocycles. The van der Waals surface area contributed by atoms with Crippen LogP contribution in [-0.4, -0.2) is 26.8 Å². The van der Waals surface area contributed by atoms with E-state index in [1.165, 1.54) is 5.56 Å². The maximum Gasteiger partial charge on any atom is 0.240 e. The minimum Gasteiger partial charge on any atom is -0.326 e. The van der Waals surface area contributed by atoms with Crippen LogP contribution in [0.15, 0.2) is 47.4 Å². The molecule has 7 nitrogen and oxygen atoms in total. The van der Waals surface area contributed by atoms with E-state index in [4.69, 9.17) is 0 Å². The molecule has 182 valence electrons. The minimum absolute atomic E-state index is 0.0360. The molecular weight excluding hydrogens is 450 g/mol. The summed E-state index contributed by atoms with van der Waals surface area (Å²) in [5, 5.41) is 5.84. The molecule has 2 aromatic carbocycles. The van der Waals surface area contributed by atoms with E-state index in [0.29, 0.717) is 31.5 Å². The quantitative estimate of drug-likeness (QED) is 0.548. The number of fused-ring (bicyclic) bond motifs is 1. The zero-order chi connectivity index (χ0) is 24.1. The molecule has 34 heavy (non-hydrogen) atoms. The molecular formula is C26H33N3O4S. The largest absolute Gasteiger partial charge is 0.326 e. The fraction of sp³-hybridized carbons (Fsp3) is 0.462. The van der Waals surface area contributed by atoms with Crippen LogP contribution in [-0.2, 0) is 32.5 Å². The second-order valence-corrected chi connectivity index (χ2v) is 11.1. The molecule has 1 aliphatic heterocycles. The molecule has 0 saturated heterocycles. The van der Waals surface area contributed by atoms with Gasteiger partial charge in [-0.05, 0) is 92.3 Å². The molecule has 0 radical (unpaired) electrons. The van der Waals surface area contributed by atoms with Crippen molar-refractivity contribution >= 4 is 33.2 Å². The highest BCUT2D eigenvalue weighted by molar-refractivity contribution is 7.89. The van der Waals surface area contributed by atoms with Gasteiger partial charge in [0.1, 0.15) is 0 Å². The number of aryl methyl sites for hydroxylation is 2. The zero-order valence-electron chi connectivity index (χ0n) is 19.6. The normalized spacial score (nSPS) is 20.7. The fourth-order valence-corrected chi connectivity index (χ4v) is 5.89. The Morgan fingerprint density at radius 3 is 2.47 bits per heavy atom. The molecule has 8 heteroatoms. The van der Waals surface area contributed by atoms with Gasteiger partial charge in [0.2, 0.25) is 21.8 Å². The number of hydrogen-bond donors (Lipinski definition) is 3. The number of nitrogens with one attached hydrogen (secondary N) is 3. The third-order valence-corrected chi connectivity index (χ3v) is 8.34. The molecule has 2 aromatic rings. The average Bonchev–Trinajstić information content (AvgIpc) is 3.03. The SMILES string of the molecule is CCc1ccc(NC(=O)C2CCC(CNS(=O)(=O)c3ccc4c(c3)CCCC(=O)N4)CC2)cc1. The monoisotopic (exact) mass is 483 g/mol. The van der Waals surface area contributed by atoms with Crippen LogP contribution < -0.4 is 15.4 Å². The predicted octanol–water partition coefficient (Wildman–Crippen LogP) is 4.25. The molecule has 3 N–H and O–H groups in total. The van der Waals surface area contributed by atoms with Crippen molar-refractivity contribution in [2.45, 2.75) is 63.2 Å². The molecule has 0 spiro atoms. The van der Waals surface area contributed by atoms with E-state index in [1.54, 1.807) is 18.2 Å². The molecule has 0 unspecified atom stereocenters. The Morgan fingerprint density at radius 2 is 1.76 bits per heavy atom. The summed E-state index contributed by atoms with van der Waals surface area (Å²) in [6, 6.07) is 12.8. The minimum atomic E-state index is -3.64. The van der Waals surface area contributed by atoms with Crippen molar-refractivity contribution in [3.63, 3.8) is 0 Å². The molecule has 2 aliphatic rings. The number of benzene rings is 2. The standard InChI is InChI=1S/C26H33N3O4S/c1-2-18-8-12-22(13-9-18)28-26(31)20-10-6-19(7-11-20)17-27-34(32,33)23-14-15-24-21(16-23)4-3-5-25(30)29-24/h8-9,12-16,19-20,27H,2-7,10-11,17H2,1H3,(H,28,31)(H,29,30). The van der Waals surface area contributed by atoms with Crippen LogP contribution in [0.2, 0.25) is 0 Å². The van der Waals surface area contributed by atoms with Crippen LogP contribution in [0.5, 0.6) is 0 Å². The Hall–Kier alpha value is -2.71. The molecule has 1 fully saturated rings. The lowest BCUT2D eigenvalue weighted by Crippen LogP contribution is -2.33. The Balaban J connectivity index is 1.27. The lowest BCUT2D eigenvalue weighted by Gasteiger charge is -2.28.